The number of rotatable bonds is 4. The Hall–Kier alpha value is -2.75. The fraction of sp³-hybridized carbons (Fsp3) is 0.250. The SMILES string of the molecule is O=C(/C=C/c1ccc(N2CCCCC2)cc1)c1ccc(O)cc1O. The van der Waals surface area contributed by atoms with Crippen molar-refractivity contribution >= 4 is 17.5 Å². The van der Waals surface area contributed by atoms with Gasteiger partial charge in [0, 0.05) is 24.8 Å². The van der Waals surface area contributed by atoms with Gasteiger partial charge in [0.2, 0.25) is 0 Å². The van der Waals surface area contributed by atoms with Gasteiger partial charge in [-0.25, -0.2) is 0 Å². The number of hydrogen-bond acceptors (Lipinski definition) is 4. The monoisotopic (exact) mass is 323 g/mol. The lowest BCUT2D eigenvalue weighted by atomic mass is 10.1. The second-order valence-electron chi connectivity index (χ2n) is 6.04. The molecular weight excluding hydrogens is 302 g/mol. The van der Waals surface area contributed by atoms with Crippen LogP contribution in [0.2, 0.25) is 0 Å². The number of phenolic OH excluding ortho intramolecular Hbond substituents is 2. The average Bonchev–Trinajstić information content (AvgIpc) is 2.61. The number of carbonyl (C=O) groups is 1. The van der Waals surface area contributed by atoms with Crippen molar-refractivity contribution in [1.29, 1.82) is 0 Å². The number of piperidine rings is 1. The van der Waals surface area contributed by atoms with Crippen LogP contribution in [0.15, 0.2) is 48.5 Å². The van der Waals surface area contributed by atoms with Crippen LogP contribution in [-0.2, 0) is 0 Å². The molecule has 3 rings (SSSR count). The van der Waals surface area contributed by atoms with Crippen molar-refractivity contribution in [2.45, 2.75) is 19.3 Å². The van der Waals surface area contributed by atoms with Crippen LogP contribution in [0.25, 0.3) is 6.08 Å². The van der Waals surface area contributed by atoms with Crippen LogP contribution >= 0.6 is 0 Å². The minimum Gasteiger partial charge on any atom is -0.508 e. The Balaban J connectivity index is 1.68. The Morgan fingerprint density at radius 3 is 2.33 bits per heavy atom. The zero-order valence-corrected chi connectivity index (χ0v) is 13.5. The molecule has 0 spiro atoms. The molecule has 0 bridgehead atoms. The second-order valence-corrected chi connectivity index (χ2v) is 6.04. The van der Waals surface area contributed by atoms with Gasteiger partial charge in [0.15, 0.2) is 5.78 Å². The van der Waals surface area contributed by atoms with Gasteiger partial charge in [-0.1, -0.05) is 18.2 Å². The van der Waals surface area contributed by atoms with Gasteiger partial charge >= 0.3 is 0 Å². The van der Waals surface area contributed by atoms with E-state index in [4.69, 9.17) is 0 Å². The van der Waals surface area contributed by atoms with Crippen molar-refractivity contribution in [3.8, 4) is 11.5 Å². The maximum absolute atomic E-state index is 12.1. The Morgan fingerprint density at radius 1 is 0.958 bits per heavy atom. The summed E-state index contributed by atoms with van der Waals surface area (Å²) in [5, 5.41) is 19.0. The van der Waals surface area contributed by atoms with E-state index in [1.54, 1.807) is 6.08 Å². The number of phenols is 2. The molecule has 1 aliphatic heterocycles. The molecule has 24 heavy (non-hydrogen) atoms. The van der Waals surface area contributed by atoms with Gasteiger partial charge in [0.1, 0.15) is 11.5 Å². The van der Waals surface area contributed by atoms with E-state index in [0.29, 0.717) is 0 Å². The van der Waals surface area contributed by atoms with Gasteiger partial charge in [-0.3, -0.25) is 4.79 Å². The molecule has 124 valence electrons. The van der Waals surface area contributed by atoms with Crippen LogP contribution in [0.5, 0.6) is 11.5 Å². The lowest BCUT2D eigenvalue weighted by Crippen LogP contribution is -2.29. The molecule has 2 aromatic carbocycles. The van der Waals surface area contributed by atoms with Crippen molar-refractivity contribution in [3.63, 3.8) is 0 Å². The Morgan fingerprint density at radius 2 is 1.67 bits per heavy atom. The van der Waals surface area contributed by atoms with Gasteiger partial charge in [-0.15, -0.1) is 0 Å². The summed E-state index contributed by atoms with van der Waals surface area (Å²) < 4.78 is 0. The Labute approximate surface area is 141 Å². The molecule has 0 amide bonds. The molecule has 4 heteroatoms. The molecule has 0 unspecified atom stereocenters. The van der Waals surface area contributed by atoms with Crippen molar-refractivity contribution in [1.82, 2.24) is 0 Å². The topological polar surface area (TPSA) is 60.8 Å². The third-order valence-corrected chi connectivity index (χ3v) is 4.29. The Bertz CT molecular complexity index is 744. The minimum absolute atomic E-state index is 0.0682. The quantitative estimate of drug-likeness (QED) is 0.660. The first-order valence-corrected chi connectivity index (χ1v) is 8.23. The van der Waals surface area contributed by atoms with Crippen LogP contribution in [-0.4, -0.2) is 29.1 Å². The van der Waals surface area contributed by atoms with Crippen molar-refractivity contribution in [2.75, 3.05) is 18.0 Å². The molecular formula is C20H21NO3. The molecule has 0 atom stereocenters. The zero-order chi connectivity index (χ0) is 16.9. The largest absolute Gasteiger partial charge is 0.508 e. The van der Waals surface area contributed by atoms with Crippen molar-refractivity contribution in [2.24, 2.45) is 0 Å². The van der Waals surface area contributed by atoms with Gasteiger partial charge in [-0.05, 0) is 55.2 Å². The summed E-state index contributed by atoms with van der Waals surface area (Å²) in [6.45, 7) is 2.21. The molecule has 0 saturated carbocycles. The molecule has 2 N–H and O–H groups in total. The third kappa shape index (κ3) is 3.77. The fourth-order valence-electron chi connectivity index (χ4n) is 2.94. The highest BCUT2D eigenvalue weighted by Gasteiger charge is 2.11. The average molecular weight is 323 g/mol. The number of ketones is 1. The van der Waals surface area contributed by atoms with Gasteiger partial charge in [-0.2, -0.15) is 0 Å². The highest BCUT2D eigenvalue weighted by atomic mass is 16.3. The third-order valence-electron chi connectivity index (χ3n) is 4.29. The van der Waals surface area contributed by atoms with Crippen LogP contribution in [0, 0.1) is 0 Å². The molecule has 2 aromatic rings. The highest BCUT2D eigenvalue weighted by Crippen LogP contribution is 2.24. The normalized spacial score (nSPS) is 14.9. The number of hydrogen-bond donors (Lipinski definition) is 2. The summed E-state index contributed by atoms with van der Waals surface area (Å²) in [7, 11) is 0. The summed E-state index contributed by atoms with van der Waals surface area (Å²) in [4.78, 5) is 14.5. The molecule has 4 nitrogen and oxygen atoms in total. The van der Waals surface area contributed by atoms with Crippen LogP contribution in [0.3, 0.4) is 0 Å². The molecule has 0 radical (unpaired) electrons. The smallest absolute Gasteiger partial charge is 0.189 e. The standard InChI is InChI=1S/C20H21NO3/c22-17-9-10-18(20(24)14-17)19(23)11-6-15-4-7-16(8-5-15)21-12-2-1-3-13-21/h4-11,14,22,24H,1-3,12-13H2/b11-6+. The fourth-order valence-corrected chi connectivity index (χ4v) is 2.94. The predicted molar refractivity (Wildman–Crippen MR) is 95.6 cm³/mol. The van der Waals surface area contributed by atoms with Crippen LogP contribution in [0.1, 0.15) is 35.2 Å². The number of anilines is 1. The summed E-state index contributed by atoms with van der Waals surface area (Å²) >= 11 is 0. The number of carbonyl (C=O) groups excluding carboxylic acids is 1. The molecule has 0 aliphatic carbocycles. The van der Waals surface area contributed by atoms with Gasteiger partial charge in [0.25, 0.3) is 0 Å². The molecule has 1 aliphatic rings. The first kappa shape index (κ1) is 16.1. The van der Waals surface area contributed by atoms with E-state index in [9.17, 15) is 15.0 Å². The maximum Gasteiger partial charge on any atom is 0.189 e. The van der Waals surface area contributed by atoms with E-state index < -0.39 is 0 Å². The maximum atomic E-state index is 12.1. The lowest BCUT2D eigenvalue weighted by molar-refractivity contribution is 0.104. The van der Waals surface area contributed by atoms with Crippen LogP contribution < -0.4 is 4.90 Å². The van der Waals surface area contributed by atoms with E-state index in [1.165, 1.54) is 43.2 Å². The van der Waals surface area contributed by atoms with Gasteiger partial charge in [0.05, 0.1) is 5.56 Å². The minimum atomic E-state index is -0.299. The van der Waals surface area contributed by atoms with Crippen LogP contribution in [0.4, 0.5) is 5.69 Å². The predicted octanol–water partition coefficient (Wildman–Crippen LogP) is 3.98. The van der Waals surface area contributed by atoms with E-state index >= 15 is 0 Å². The van der Waals surface area contributed by atoms with E-state index in [2.05, 4.69) is 17.0 Å². The molecule has 1 heterocycles. The summed E-state index contributed by atoms with van der Waals surface area (Å²) in [5.41, 5.74) is 2.32. The second kappa shape index (κ2) is 7.21. The van der Waals surface area contributed by atoms with E-state index in [0.717, 1.165) is 24.7 Å². The number of nitrogens with zero attached hydrogens (tertiary/aromatic N) is 1. The lowest BCUT2D eigenvalue weighted by Gasteiger charge is -2.28. The highest BCUT2D eigenvalue weighted by molar-refractivity contribution is 6.08. The molecule has 1 fully saturated rings. The number of allylic oxidation sites excluding steroid dienone is 1. The van der Waals surface area contributed by atoms with Crippen molar-refractivity contribution < 1.29 is 15.0 Å². The first-order chi connectivity index (χ1) is 11.6. The van der Waals surface area contributed by atoms with Crippen molar-refractivity contribution in [3.05, 3.63) is 59.7 Å². The molecule has 1 saturated heterocycles. The van der Waals surface area contributed by atoms with E-state index in [-0.39, 0.29) is 22.8 Å². The van der Waals surface area contributed by atoms with E-state index in [1.807, 2.05) is 12.1 Å². The van der Waals surface area contributed by atoms with Gasteiger partial charge < -0.3 is 15.1 Å². The molecule has 0 aromatic heterocycles. The summed E-state index contributed by atoms with van der Waals surface area (Å²) in [6.07, 6.45) is 6.96. The zero-order valence-electron chi connectivity index (χ0n) is 13.5. The Kier molecular flexibility index (Phi) is 4.85. The number of aromatic hydroxyl groups is 2. The summed E-state index contributed by atoms with van der Waals surface area (Å²) in [6, 6.07) is 12.1. The number of benzene rings is 2. The summed E-state index contributed by atoms with van der Waals surface area (Å²) in [5.74, 6) is -0.584. The first-order valence-electron chi connectivity index (χ1n) is 8.23.